The Bertz CT molecular complexity index is 632. The summed E-state index contributed by atoms with van der Waals surface area (Å²) in [6.07, 6.45) is 0. The minimum absolute atomic E-state index is 0.959. The van der Waals surface area contributed by atoms with Gasteiger partial charge in [0, 0.05) is 20.8 Å². The molecular weight excluding hydrogens is 316 g/mol. The number of rotatable bonds is 2. The Morgan fingerprint density at radius 1 is 1.12 bits per heavy atom. The number of thiazole rings is 2. The molecule has 0 aliphatic rings. The average molecular weight is 323 g/mol. The van der Waals surface area contributed by atoms with Crippen molar-refractivity contribution in [1.29, 1.82) is 0 Å². The first-order valence-electron chi connectivity index (χ1n) is 4.93. The zero-order valence-corrected chi connectivity index (χ0v) is 11.8. The van der Waals surface area contributed by atoms with E-state index in [-0.39, 0.29) is 0 Å². The summed E-state index contributed by atoms with van der Waals surface area (Å²) in [5.41, 5.74) is 4.91. The molecule has 0 saturated heterocycles. The van der Waals surface area contributed by atoms with Crippen LogP contribution in [0, 0.1) is 0 Å². The lowest BCUT2D eigenvalue weighted by molar-refractivity contribution is 1.34. The van der Waals surface area contributed by atoms with Gasteiger partial charge in [-0.05, 0) is 12.1 Å². The van der Waals surface area contributed by atoms with Crippen LogP contribution in [0.4, 0.5) is 0 Å². The van der Waals surface area contributed by atoms with Gasteiger partial charge in [-0.2, -0.15) is 0 Å². The second-order valence-electron chi connectivity index (χ2n) is 3.42. The summed E-state index contributed by atoms with van der Waals surface area (Å²) in [6.45, 7) is 0. The van der Waals surface area contributed by atoms with Crippen LogP contribution in [0.1, 0.15) is 0 Å². The van der Waals surface area contributed by atoms with Crippen molar-refractivity contribution in [2.45, 2.75) is 0 Å². The zero-order chi connectivity index (χ0) is 11.7. The molecule has 0 bridgehead atoms. The third-order valence-electron chi connectivity index (χ3n) is 2.28. The van der Waals surface area contributed by atoms with Crippen molar-refractivity contribution in [1.82, 2.24) is 9.97 Å². The fourth-order valence-electron chi connectivity index (χ4n) is 1.49. The second kappa shape index (κ2) is 4.68. The van der Waals surface area contributed by atoms with Gasteiger partial charge in [0.1, 0.15) is 10.7 Å². The maximum Gasteiger partial charge on any atom is 0.143 e. The van der Waals surface area contributed by atoms with E-state index in [2.05, 4.69) is 43.4 Å². The summed E-state index contributed by atoms with van der Waals surface area (Å²) in [5.74, 6) is 0. The van der Waals surface area contributed by atoms with Gasteiger partial charge < -0.3 is 0 Å². The first-order chi connectivity index (χ1) is 8.33. The predicted octanol–water partition coefficient (Wildman–Crippen LogP) is 4.70. The van der Waals surface area contributed by atoms with E-state index < -0.39 is 0 Å². The molecule has 3 rings (SSSR count). The van der Waals surface area contributed by atoms with Gasteiger partial charge in [-0.3, -0.25) is 0 Å². The molecule has 0 aliphatic heterocycles. The van der Waals surface area contributed by atoms with E-state index in [0.717, 1.165) is 26.4 Å². The van der Waals surface area contributed by atoms with Gasteiger partial charge in [0.25, 0.3) is 0 Å². The fraction of sp³-hybridized carbons (Fsp3) is 0. The average Bonchev–Trinajstić information content (AvgIpc) is 3.00. The third kappa shape index (κ3) is 2.31. The molecule has 0 amide bonds. The molecule has 0 saturated carbocycles. The summed E-state index contributed by atoms with van der Waals surface area (Å²) in [5, 5.41) is 5.06. The Hall–Kier alpha value is -1.04. The van der Waals surface area contributed by atoms with E-state index in [1.807, 2.05) is 23.0 Å². The molecule has 0 fully saturated rings. The number of hydrogen-bond donors (Lipinski definition) is 0. The van der Waals surface area contributed by atoms with Crippen molar-refractivity contribution in [2.75, 3.05) is 0 Å². The monoisotopic (exact) mass is 322 g/mol. The highest BCUT2D eigenvalue weighted by Gasteiger charge is 2.07. The van der Waals surface area contributed by atoms with Crippen LogP contribution in [0.3, 0.4) is 0 Å². The molecule has 0 aliphatic carbocycles. The van der Waals surface area contributed by atoms with Gasteiger partial charge in [0.2, 0.25) is 0 Å². The number of benzene rings is 1. The van der Waals surface area contributed by atoms with Crippen LogP contribution in [0.25, 0.3) is 22.0 Å². The number of hydrogen-bond acceptors (Lipinski definition) is 4. The first kappa shape index (κ1) is 11.1. The fourth-order valence-corrected chi connectivity index (χ4v) is 3.30. The molecule has 0 spiro atoms. The van der Waals surface area contributed by atoms with Crippen molar-refractivity contribution < 1.29 is 0 Å². The molecule has 84 valence electrons. The van der Waals surface area contributed by atoms with Crippen LogP contribution in [0.2, 0.25) is 0 Å². The zero-order valence-electron chi connectivity index (χ0n) is 8.63. The van der Waals surface area contributed by atoms with Crippen LogP contribution in [-0.4, -0.2) is 9.97 Å². The molecule has 17 heavy (non-hydrogen) atoms. The molecule has 1 aromatic carbocycles. The molecule has 5 heteroatoms. The van der Waals surface area contributed by atoms with E-state index in [1.165, 1.54) is 0 Å². The topological polar surface area (TPSA) is 25.8 Å². The highest BCUT2D eigenvalue weighted by Crippen LogP contribution is 2.29. The number of aromatic nitrogens is 2. The van der Waals surface area contributed by atoms with E-state index in [4.69, 9.17) is 0 Å². The normalized spacial score (nSPS) is 10.6. The lowest BCUT2D eigenvalue weighted by Gasteiger charge is -1.96. The van der Waals surface area contributed by atoms with Gasteiger partial charge in [-0.15, -0.1) is 22.7 Å². The Kier molecular flexibility index (Phi) is 3.05. The minimum atomic E-state index is 0.959. The van der Waals surface area contributed by atoms with Crippen LogP contribution in [0.5, 0.6) is 0 Å². The van der Waals surface area contributed by atoms with Gasteiger partial charge in [0.15, 0.2) is 0 Å². The molecule has 0 unspecified atom stereocenters. The quantitative estimate of drug-likeness (QED) is 0.683. The first-order valence-corrected chi connectivity index (χ1v) is 7.54. The lowest BCUT2D eigenvalue weighted by atomic mass is 10.2. The Morgan fingerprint density at radius 2 is 2.06 bits per heavy atom. The van der Waals surface area contributed by atoms with Crippen molar-refractivity contribution in [3.63, 3.8) is 0 Å². The summed E-state index contributed by atoms with van der Waals surface area (Å²) >= 11 is 6.69. The van der Waals surface area contributed by atoms with Crippen LogP contribution in [-0.2, 0) is 0 Å². The van der Waals surface area contributed by atoms with Gasteiger partial charge >= 0.3 is 0 Å². The number of halogens is 1. The second-order valence-corrected chi connectivity index (χ2v) is 5.91. The summed E-state index contributed by atoms with van der Waals surface area (Å²) in [4.78, 5) is 8.87. The smallest absolute Gasteiger partial charge is 0.143 e. The van der Waals surface area contributed by atoms with E-state index in [9.17, 15) is 0 Å². The van der Waals surface area contributed by atoms with Crippen molar-refractivity contribution >= 4 is 38.6 Å². The highest BCUT2D eigenvalue weighted by molar-refractivity contribution is 9.10. The third-order valence-corrected chi connectivity index (χ3v) is 4.22. The lowest BCUT2D eigenvalue weighted by Crippen LogP contribution is -1.79. The van der Waals surface area contributed by atoms with E-state index in [1.54, 1.807) is 22.7 Å². The predicted molar refractivity (Wildman–Crippen MR) is 76.4 cm³/mol. The molecule has 2 aromatic heterocycles. The SMILES string of the molecule is Brc1cccc(-c2csc(-c3cscn3)n2)c1. The van der Waals surface area contributed by atoms with Crippen LogP contribution >= 0.6 is 38.6 Å². The van der Waals surface area contributed by atoms with Crippen molar-refractivity contribution in [3.05, 3.63) is 45.0 Å². The minimum Gasteiger partial charge on any atom is -0.242 e. The summed E-state index contributed by atoms with van der Waals surface area (Å²) in [7, 11) is 0. The highest BCUT2D eigenvalue weighted by atomic mass is 79.9. The Balaban J connectivity index is 2.01. The summed E-state index contributed by atoms with van der Waals surface area (Å²) < 4.78 is 1.07. The maximum atomic E-state index is 4.61. The van der Waals surface area contributed by atoms with Crippen LogP contribution in [0.15, 0.2) is 45.0 Å². The number of nitrogens with zero attached hydrogens (tertiary/aromatic N) is 2. The summed E-state index contributed by atoms with van der Waals surface area (Å²) in [6, 6.07) is 8.16. The molecule has 3 aromatic rings. The standard InChI is InChI=1S/C12H7BrN2S2/c13-9-3-1-2-8(4-9)10-6-17-12(15-10)11-5-16-7-14-11/h1-7H. The van der Waals surface area contributed by atoms with Gasteiger partial charge in [-0.1, -0.05) is 28.1 Å². The molecule has 2 nitrogen and oxygen atoms in total. The van der Waals surface area contributed by atoms with Gasteiger partial charge in [0.05, 0.1) is 11.2 Å². The molecular formula is C12H7BrN2S2. The maximum absolute atomic E-state index is 4.61. The largest absolute Gasteiger partial charge is 0.242 e. The van der Waals surface area contributed by atoms with Crippen molar-refractivity contribution in [2.24, 2.45) is 0 Å². The van der Waals surface area contributed by atoms with Gasteiger partial charge in [-0.25, -0.2) is 9.97 Å². The molecule has 0 N–H and O–H groups in total. The Morgan fingerprint density at radius 3 is 2.82 bits per heavy atom. The molecule has 0 atom stereocenters. The van der Waals surface area contributed by atoms with Crippen molar-refractivity contribution in [3.8, 4) is 22.0 Å². The Labute approximate surface area is 115 Å². The molecule has 2 heterocycles. The van der Waals surface area contributed by atoms with E-state index in [0.29, 0.717) is 0 Å². The van der Waals surface area contributed by atoms with Crippen LogP contribution < -0.4 is 0 Å². The molecule has 0 radical (unpaired) electrons. The van der Waals surface area contributed by atoms with E-state index >= 15 is 0 Å².